The van der Waals surface area contributed by atoms with E-state index in [4.69, 9.17) is 16.3 Å². The highest BCUT2D eigenvalue weighted by Crippen LogP contribution is 2.20. The average Bonchev–Trinajstić information content (AvgIpc) is 2.39. The molecule has 0 saturated heterocycles. The van der Waals surface area contributed by atoms with E-state index in [1.165, 1.54) is 5.56 Å². The van der Waals surface area contributed by atoms with E-state index >= 15 is 0 Å². The normalized spacial score (nSPS) is 10.2. The maximum absolute atomic E-state index is 5.76. The Labute approximate surface area is 110 Å². The summed E-state index contributed by atoms with van der Waals surface area (Å²) in [5, 5.41) is 2.88. The molecule has 1 N–H and O–H groups in total. The number of hydrogen-bond donors (Lipinski definition) is 1. The minimum atomic E-state index is 0.0922. The number of hydrogen-bond acceptors (Lipinski definition) is 5. The van der Waals surface area contributed by atoms with Crippen molar-refractivity contribution in [3.05, 3.63) is 35.1 Å². The number of halogens is 1. The molecule has 0 aliphatic carbocycles. The number of aromatic nitrogens is 3. The molecule has 94 valence electrons. The molecule has 0 fully saturated rings. The molecule has 1 aromatic carbocycles. The monoisotopic (exact) mass is 264 g/mol. The number of benzene rings is 1. The number of aryl methyl sites for hydroxylation is 1. The van der Waals surface area contributed by atoms with Crippen molar-refractivity contribution >= 4 is 17.5 Å². The fourth-order valence-corrected chi connectivity index (χ4v) is 1.54. The lowest BCUT2D eigenvalue weighted by Crippen LogP contribution is -2.01. The highest BCUT2D eigenvalue weighted by molar-refractivity contribution is 6.28. The molecular formula is C12H13ClN4O. The second-order valence-corrected chi connectivity index (χ2v) is 3.90. The smallest absolute Gasteiger partial charge is 0.328 e. The molecule has 0 amide bonds. The van der Waals surface area contributed by atoms with Crippen molar-refractivity contribution < 1.29 is 4.74 Å². The van der Waals surface area contributed by atoms with Crippen LogP contribution in [0.1, 0.15) is 12.5 Å². The van der Waals surface area contributed by atoms with E-state index in [0.29, 0.717) is 11.7 Å². The molecule has 2 rings (SSSR count). The molecular weight excluding hydrogens is 252 g/mol. The first-order valence-electron chi connectivity index (χ1n) is 5.57. The number of nitrogens with zero attached hydrogens (tertiary/aromatic N) is 3. The number of nitrogens with one attached hydrogen (secondary N) is 1. The van der Waals surface area contributed by atoms with Crippen LogP contribution in [0.25, 0.3) is 0 Å². The molecule has 6 heteroatoms. The van der Waals surface area contributed by atoms with E-state index < -0.39 is 0 Å². The van der Waals surface area contributed by atoms with E-state index in [-0.39, 0.29) is 11.3 Å². The van der Waals surface area contributed by atoms with Gasteiger partial charge in [0.2, 0.25) is 11.2 Å². The van der Waals surface area contributed by atoms with Gasteiger partial charge in [0, 0.05) is 7.05 Å². The maximum Gasteiger partial charge on any atom is 0.328 e. The molecule has 0 radical (unpaired) electrons. The average molecular weight is 265 g/mol. The molecule has 0 aliphatic heterocycles. The number of rotatable bonds is 4. The Kier molecular flexibility index (Phi) is 3.94. The first kappa shape index (κ1) is 12.6. The Balaban J connectivity index is 2.19. The van der Waals surface area contributed by atoms with Crippen molar-refractivity contribution in [3.8, 4) is 11.8 Å². The topological polar surface area (TPSA) is 59.9 Å². The van der Waals surface area contributed by atoms with Crippen molar-refractivity contribution in [1.29, 1.82) is 0 Å². The largest absolute Gasteiger partial charge is 0.424 e. The van der Waals surface area contributed by atoms with Gasteiger partial charge in [0.25, 0.3) is 0 Å². The summed E-state index contributed by atoms with van der Waals surface area (Å²) < 4.78 is 5.51. The standard InChI is InChI=1S/C12H13ClN4O/c1-3-8-4-6-9(7-5-8)18-12-16-10(13)15-11(14-2)17-12/h4-7H,3H2,1-2H3,(H,14,15,16,17). The van der Waals surface area contributed by atoms with Crippen molar-refractivity contribution in [2.45, 2.75) is 13.3 Å². The Bertz CT molecular complexity index is 530. The second-order valence-electron chi connectivity index (χ2n) is 3.56. The first-order chi connectivity index (χ1) is 8.71. The lowest BCUT2D eigenvalue weighted by molar-refractivity contribution is 0.440. The van der Waals surface area contributed by atoms with Crippen molar-refractivity contribution in [2.75, 3.05) is 12.4 Å². The third-order valence-electron chi connectivity index (χ3n) is 2.35. The highest BCUT2D eigenvalue weighted by atomic mass is 35.5. The second kappa shape index (κ2) is 5.64. The minimum Gasteiger partial charge on any atom is -0.424 e. The molecule has 2 aromatic rings. The van der Waals surface area contributed by atoms with Gasteiger partial charge >= 0.3 is 6.01 Å². The number of anilines is 1. The predicted molar refractivity (Wildman–Crippen MR) is 70.3 cm³/mol. The van der Waals surface area contributed by atoms with E-state index in [0.717, 1.165) is 6.42 Å². The zero-order valence-corrected chi connectivity index (χ0v) is 10.9. The van der Waals surface area contributed by atoms with Gasteiger partial charge in [-0.25, -0.2) is 0 Å². The molecule has 0 spiro atoms. The van der Waals surface area contributed by atoms with Crippen LogP contribution in [0.4, 0.5) is 5.95 Å². The molecule has 0 bridgehead atoms. The molecule has 1 heterocycles. The van der Waals surface area contributed by atoms with Gasteiger partial charge in [-0.1, -0.05) is 19.1 Å². The van der Waals surface area contributed by atoms with Gasteiger partial charge in [-0.15, -0.1) is 0 Å². The van der Waals surface area contributed by atoms with E-state index in [9.17, 15) is 0 Å². The van der Waals surface area contributed by atoms with Gasteiger partial charge in [-0.05, 0) is 35.7 Å². The fourth-order valence-electron chi connectivity index (χ4n) is 1.39. The summed E-state index contributed by atoms with van der Waals surface area (Å²) in [5.41, 5.74) is 1.24. The molecule has 0 aliphatic rings. The number of ether oxygens (including phenoxy) is 1. The molecule has 18 heavy (non-hydrogen) atoms. The Hall–Kier alpha value is -1.88. The fraction of sp³-hybridized carbons (Fsp3) is 0.250. The van der Waals surface area contributed by atoms with Crippen LogP contribution in [0.5, 0.6) is 11.8 Å². The third-order valence-corrected chi connectivity index (χ3v) is 2.52. The van der Waals surface area contributed by atoms with Crippen LogP contribution >= 0.6 is 11.6 Å². The quantitative estimate of drug-likeness (QED) is 0.920. The van der Waals surface area contributed by atoms with Crippen molar-refractivity contribution in [2.24, 2.45) is 0 Å². The summed E-state index contributed by atoms with van der Waals surface area (Å²) in [6.07, 6.45) is 0.988. The molecule has 1 aromatic heterocycles. The van der Waals surface area contributed by atoms with Crippen LogP contribution in [0, 0.1) is 0 Å². The summed E-state index contributed by atoms with van der Waals surface area (Å²) in [7, 11) is 1.70. The zero-order valence-electron chi connectivity index (χ0n) is 10.1. The van der Waals surface area contributed by atoms with Crippen LogP contribution in [0.2, 0.25) is 5.28 Å². The van der Waals surface area contributed by atoms with E-state index in [2.05, 4.69) is 27.2 Å². The Morgan fingerprint density at radius 1 is 1.17 bits per heavy atom. The van der Waals surface area contributed by atoms with Crippen molar-refractivity contribution in [3.63, 3.8) is 0 Å². The van der Waals surface area contributed by atoms with Gasteiger partial charge < -0.3 is 10.1 Å². The summed E-state index contributed by atoms with van der Waals surface area (Å²) in [6.45, 7) is 2.10. The molecule has 0 saturated carbocycles. The lowest BCUT2D eigenvalue weighted by atomic mass is 10.2. The Morgan fingerprint density at radius 2 is 1.89 bits per heavy atom. The molecule has 0 unspecified atom stereocenters. The summed E-state index contributed by atoms with van der Waals surface area (Å²) in [6, 6.07) is 7.91. The van der Waals surface area contributed by atoms with Gasteiger partial charge in [-0.3, -0.25) is 0 Å². The Morgan fingerprint density at radius 3 is 2.50 bits per heavy atom. The van der Waals surface area contributed by atoms with Crippen LogP contribution in [-0.4, -0.2) is 22.0 Å². The SMILES string of the molecule is CCc1ccc(Oc2nc(Cl)nc(NC)n2)cc1. The van der Waals surface area contributed by atoms with Crippen LogP contribution in [0.15, 0.2) is 24.3 Å². The molecule has 5 nitrogen and oxygen atoms in total. The minimum absolute atomic E-state index is 0.0922. The third kappa shape index (κ3) is 3.07. The zero-order chi connectivity index (χ0) is 13.0. The van der Waals surface area contributed by atoms with E-state index in [1.807, 2.05) is 24.3 Å². The van der Waals surface area contributed by atoms with Gasteiger partial charge in [0.05, 0.1) is 0 Å². The van der Waals surface area contributed by atoms with Gasteiger partial charge in [0.15, 0.2) is 0 Å². The van der Waals surface area contributed by atoms with Gasteiger partial charge in [0.1, 0.15) is 5.75 Å². The van der Waals surface area contributed by atoms with Crippen LogP contribution in [-0.2, 0) is 6.42 Å². The predicted octanol–water partition coefficient (Wildman–Crippen LogP) is 2.92. The first-order valence-corrected chi connectivity index (χ1v) is 5.95. The summed E-state index contributed by atoms with van der Waals surface area (Å²) in [4.78, 5) is 11.8. The van der Waals surface area contributed by atoms with Gasteiger partial charge in [-0.2, -0.15) is 15.0 Å². The van der Waals surface area contributed by atoms with Crippen LogP contribution in [0.3, 0.4) is 0 Å². The lowest BCUT2D eigenvalue weighted by Gasteiger charge is -2.06. The van der Waals surface area contributed by atoms with Crippen LogP contribution < -0.4 is 10.1 Å². The molecule has 0 atom stereocenters. The highest BCUT2D eigenvalue weighted by Gasteiger charge is 2.06. The van der Waals surface area contributed by atoms with Crippen molar-refractivity contribution in [1.82, 2.24) is 15.0 Å². The van der Waals surface area contributed by atoms with E-state index in [1.54, 1.807) is 7.05 Å². The summed E-state index contributed by atoms with van der Waals surface area (Å²) >= 11 is 5.76. The maximum atomic E-state index is 5.76. The summed E-state index contributed by atoms with van der Waals surface area (Å²) in [5.74, 6) is 1.03.